The van der Waals surface area contributed by atoms with E-state index in [-0.39, 0.29) is 0 Å². The number of ether oxygens (including phenoxy) is 2. The summed E-state index contributed by atoms with van der Waals surface area (Å²) in [4.78, 5) is 13.6. The molecule has 0 atom stereocenters. The third kappa shape index (κ3) is 3.95. The summed E-state index contributed by atoms with van der Waals surface area (Å²) < 4.78 is 15.9. The van der Waals surface area contributed by atoms with Gasteiger partial charge in [-0.3, -0.25) is 4.90 Å². The van der Waals surface area contributed by atoms with Crippen LogP contribution in [0.25, 0.3) is 0 Å². The van der Waals surface area contributed by atoms with E-state index in [1.807, 2.05) is 25.1 Å². The smallest absolute Gasteiger partial charge is 0.231 e. The number of benzene rings is 1. The molecule has 0 amide bonds. The van der Waals surface area contributed by atoms with Gasteiger partial charge < -0.3 is 24.2 Å². The lowest BCUT2D eigenvalue weighted by Gasteiger charge is -2.35. The molecular weight excluding hydrogens is 372 g/mol. The molecule has 1 aromatic carbocycles. The van der Waals surface area contributed by atoms with Crippen LogP contribution in [0.4, 0.5) is 17.6 Å². The van der Waals surface area contributed by atoms with Gasteiger partial charge in [-0.05, 0) is 30.7 Å². The summed E-state index contributed by atoms with van der Waals surface area (Å²) in [6.45, 7) is 6.79. The minimum Gasteiger partial charge on any atom is -0.454 e. The van der Waals surface area contributed by atoms with Gasteiger partial charge in [-0.1, -0.05) is 11.2 Å². The van der Waals surface area contributed by atoms with E-state index in [9.17, 15) is 0 Å². The number of nitrogens with one attached hydrogen (secondary N) is 1. The van der Waals surface area contributed by atoms with Crippen molar-refractivity contribution in [3.63, 3.8) is 0 Å². The molecule has 1 N–H and O–H groups in total. The molecular formula is C20H22N6O3. The summed E-state index contributed by atoms with van der Waals surface area (Å²) in [5.41, 5.74) is 1.24. The van der Waals surface area contributed by atoms with Crippen LogP contribution in [-0.4, -0.2) is 53.0 Å². The highest BCUT2D eigenvalue weighted by atomic mass is 16.7. The number of aromatic nitrogens is 3. The first-order valence-electron chi connectivity index (χ1n) is 9.62. The normalized spacial score (nSPS) is 16.2. The Balaban J connectivity index is 1.19. The van der Waals surface area contributed by atoms with Crippen molar-refractivity contribution in [2.75, 3.05) is 43.2 Å². The first kappa shape index (κ1) is 17.7. The second kappa shape index (κ2) is 7.59. The van der Waals surface area contributed by atoms with E-state index < -0.39 is 0 Å². The molecule has 2 aromatic heterocycles. The van der Waals surface area contributed by atoms with Crippen LogP contribution in [0, 0.1) is 6.92 Å². The van der Waals surface area contributed by atoms with E-state index in [1.54, 1.807) is 6.20 Å². The lowest BCUT2D eigenvalue weighted by atomic mass is 10.1. The molecule has 0 radical (unpaired) electrons. The highest BCUT2D eigenvalue weighted by molar-refractivity contribution is 5.51. The van der Waals surface area contributed by atoms with Gasteiger partial charge in [0.25, 0.3) is 0 Å². The average molecular weight is 394 g/mol. The first-order valence-corrected chi connectivity index (χ1v) is 9.62. The van der Waals surface area contributed by atoms with Gasteiger partial charge in [-0.15, -0.1) is 0 Å². The van der Waals surface area contributed by atoms with Crippen LogP contribution >= 0.6 is 0 Å². The molecule has 29 heavy (non-hydrogen) atoms. The van der Waals surface area contributed by atoms with Gasteiger partial charge in [0.2, 0.25) is 12.7 Å². The van der Waals surface area contributed by atoms with Crippen molar-refractivity contribution in [3.8, 4) is 11.5 Å². The average Bonchev–Trinajstić information content (AvgIpc) is 3.37. The minimum absolute atomic E-state index is 0.309. The van der Waals surface area contributed by atoms with Crippen molar-refractivity contribution in [3.05, 3.63) is 47.9 Å². The van der Waals surface area contributed by atoms with Crippen LogP contribution in [0.2, 0.25) is 0 Å². The van der Waals surface area contributed by atoms with Crippen LogP contribution in [-0.2, 0) is 6.54 Å². The number of hydrogen-bond acceptors (Lipinski definition) is 9. The summed E-state index contributed by atoms with van der Waals surface area (Å²) in [5.74, 6) is 4.43. The Kier molecular flexibility index (Phi) is 4.65. The molecule has 5 rings (SSSR count). The standard InChI is InChI=1S/C20H22N6O3/c1-14-10-18(24-29-14)22-20-21-5-4-19(23-20)26-8-6-25(7-9-26)12-15-2-3-16-17(11-15)28-13-27-16/h2-5,10-11H,6-9,12-13H2,1H3,(H,21,22,23,24). The highest BCUT2D eigenvalue weighted by Crippen LogP contribution is 2.33. The number of nitrogens with zero attached hydrogens (tertiary/aromatic N) is 5. The summed E-state index contributed by atoms with van der Waals surface area (Å²) in [6, 6.07) is 9.91. The van der Waals surface area contributed by atoms with E-state index in [0.29, 0.717) is 18.6 Å². The molecule has 0 spiro atoms. The summed E-state index contributed by atoms with van der Waals surface area (Å²) in [7, 11) is 0. The zero-order chi connectivity index (χ0) is 19.6. The molecule has 0 unspecified atom stereocenters. The largest absolute Gasteiger partial charge is 0.454 e. The van der Waals surface area contributed by atoms with Crippen LogP contribution in [0.3, 0.4) is 0 Å². The van der Waals surface area contributed by atoms with Gasteiger partial charge in [-0.2, -0.15) is 4.98 Å². The number of anilines is 3. The first-order chi connectivity index (χ1) is 14.2. The zero-order valence-electron chi connectivity index (χ0n) is 16.2. The molecule has 4 heterocycles. The lowest BCUT2D eigenvalue weighted by molar-refractivity contribution is 0.174. The topological polar surface area (TPSA) is 88.8 Å². The van der Waals surface area contributed by atoms with Crippen molar-refractivity contribution in [1.82, 2.24) is 20.0 Å². The monoisotopic (exact) mass is 394 g/mol. The zero-order valence-corrected chi connectivity index (χ0v) is 16.2. The second-order valence-electron chi connectivity index (χ2n) is 7.14. The van der Waals surface area contributed by atoms with Crippen molar-refractivity contribution < 1.29 is 14.0 Å². The van der Waals surface area contributed by atoms with Crippen LogP contribution in [0.15, 0.2) is 41.1 Å². The molecule has 2 aliphatic heterocycles. The second-order valence-corrected chi connectivity index (χ2v) is 7.14. The lowest BCUT2D eigenvalue weighted by Crippen LogP contribution is -2.46. The minimum atomic E-state index is 0.309. The SMILES string of the molecule is Cc1cc(Nc2nccc(N3CCN(Cc4ccc5c(c4)OCO5)CC3)n2)no1. The van der Waals surface area contributed by atoms with E-state index in [2.05, 4.69) is 42.4 Å². The summed E-state index contributed by atoms with van der Waals surface area (Å²) >= 11 is 0. The molecule has 9 heteroatoms. The number of aryl methyl sites for hydroxylation is 1. The number of piperazine rings is 1. The molecule has 150 valence electrons. The third-order valence-electron chi connectivity index (χ3n) is 5.05. The predicted molar refractivity (Wildman–Crippen MR) is 107 cm³/mol. The van der Waals surface area contributed by atoms with Gasteiger partial charge in [0, 0.05) is 45.0 Å². The Morgan fingerprint density at radius 2 is 1.90 bits per heavy atom. The van der Waals surface area contributed by atoms with E-state index in [4.69, 9.17) is 14.0 Å². The van der Waals surface area contributed by atoms with Crippen LogP contribution in [0.1, 0.15) is 11.3 Å². The van der Waals surface area contributed by atoms with Gasteiger partial charge in [-0.25, -0.2) is 4.98 Å². The fourth-order valence-corrected chi connectivity index (χ4v) is 3.56. The maximum Gasteiger partial charge on any atom is 0.231 e. The number of rotatable bonds is 5. The fraction of sp³-hybridized carbons (Fsp3) is 0.350. The van der Waals surface area contributed by atoms with Gasteiger partial charge in [0.1, 0.15) is 11.6 Å². The highest BCUT2D eigenvalue weighted by Gasteiger charge is 2.20. The molecule has 9 nitrogen and oxygen atoms in total. The van der Waals surface area contributed by atoms with E-state index in [0.717, 1.165) is 55.8 Å². The van der Waals surface area contributed by atoms with E-state index in [1.165, 1.54) is 5.56 Å². The molecule has 0 saturated carbocycles. The molecule has 1 fully saturated rings. The van der Waals surface area contributed by atoms with Crippen LogP contribution in [0.5, 0.6) is 11.5 Å². The predicted octanol–water partition coefficient (Wildman–Crippen LogP) is 2.57. The Bertz CT molecular complexity index is 999. The Morgan fingerprint density at radius 1 is 1.03 bits per heavy atom. The molecule has 3 aromatic rings. The van der Waals surface area contributed by atoms with Crippen molar-refractivity contribution in [1.29, 1.82) is 0 Å². The van der Waals surface area contributed by atoms with Gasteiger partial charge in [0.15, 0.2) is 17.3 Å². The number of fused-ring (bicyclic) bond motifs is 1. The maximum atomic E-state index is 5.48. The summed E-state index contributed by atoms with van der Waals surface area (Å²) in [5, 5.41) is 7.00. The van der Waals surface area contributed by atoms with Gasteiger partial charge in [0.05, 0.1) is 0 Å². The Morgan fingerprint density at radius 3 is 2.72 bits per heavy atom. The maximum absolute atomic E-state index is 5.48. The van der Waals surface area contributed by atoms with Gasteiger partial charge >= 0.3 is 0 Å². The molecule has 0 bridgehead atoms. The molecule has 1 saturated heterocycles. The Hall–Kier alpha value is -3.33. The third-order valence-corrected chi connectivity index (χ3v) is 5.05. The van der Waals surface area contributed by atoms with Crippen LogP contribution < -0.4 is 19.7 Å². The quantitative estimate of drug-likeness (QED) is 0.701. The molecule has 2 aliphatic rings. The number of hydrogen-bond donors (Lipinski definition) is 1. The van der Waals surface area contributed by atoms with Crippen molar-refractivity contribution in [2.45, 2.75) is 13.5 Å². The van der Waals surface area contributed by atoms with Crippen molar-refractivity contribution in [2.24, 2.45) is 0 Å². The fourth-order valence-electron chi connectivity index (χ4n) is 3.56. The van der Waals surface area contributed by atoms with Crippen molar-refractivity contribution >= 4 is 17.6 Å². The summed E-state index contributed by atoms with van der Waals surface area (Å²) in [6.07, 6.45) is 1.76. The Labute approximate surface area is 168 Å². The molecule has 0 aliphatic carbocycles. The van der Waals surface area contributed by atoms with E-state index >= 15 is 0 Å².